The molecule has 3 rings (SSSR count). The van der Waals surface area contributed by atoms with Gasteiger partial charge in [-0.25, -0.2) is 12.8 Å². The first kappa shape index (κ1) is 14.9. The van der Waals surface area contributed by atoms with Gasteiger partial charge in [-0.2, -0.15) is 0 Å². The second-order valence-electron chi connectivity index (χ2n) is 4.57. The maximum atomic E-state index is 14.0. The molecule has 0 amide bonds. The largest absolute Gasteiger partial charge is 0.280 e. The third kappa shape index (κ3) is 2.82. The van der Waals surface area contributed by atoms with Gasteiger partial charge in [-0.1, -0.05) is 12.1 Å². The first-order valence-electron chi connectivity index (χ1n) is 6.29. The van der Waals surface area contributed by atoms with E-state index in [0.29, 0.717) is 5.69 Å². The summed E-state index contributed by atoms with van der Waals surface area (Å²) >= 11 is 2.98. The molecule has 2 aromatic carbocycles. The molecule has 0 saturated heterocycles. The lowest BCUT2D eigenvalue weighted by Gasteiger charge is -2.10. The van der Waals surface area contributed by atoms with E-state index in [-0.39, 0.29) is 4.47 Å². The van der Waals surface area contributed by atoms with E-state index in [9.17, 15) is 12.8 Å². The zero-order valence-corrected chi connectivity index (χ0v) is 13.5. The molecule has 0 spiro atoms. The zero-order valence-electron chi connectivity index (χ0n) is 11.1. The SMILES string of the molecule is O=S(=O)(Nc1ccc2ncccc2c1)c1cccc(Br)c1F. The Morgan fingerprint density at radius 3 is 2.73 bits per heavy atom. The number of aromatic nitrogens is 1. The summed E-state index contributed by atoms with van der Waals surface area (Å²) in [6.07, 6.45) is 1.66. The number of hydrogen-bond donors (Lipinski definition) is 1. The fourth-order valence-corrected chi connectivity index (χ4v) is 3.69. The van der Waals surface area contributed by atoms with E-state index in [4.69, 9.17) is 0 Å². The highest BCUT2D eigenvalue weighted by Crippen LogP contribution is 2.25. The highest BCUT2D eigenvalue weighted by molar-refractivity contribution is 9.10. The van der Waals surface area contributed by atoms with Crippen molar-refractivity contribution in [3.8, 4) is 0 Å². The Balaban J connectivity index is 2.01. The maximum absolute atomic E-state index is 14.0. The molecular formula is C15H10BrFN2O2S. The molecule has 7 heteroatoms. The number of nitrogens with zero attached hydrogens (tertiary/aromatic N) is 1. The average Bonchev–Trinajstić information content (AvgIpc) is 2.49. The molecule has 112 valence electrons. The number of rotatable bonds is 3. The van der Waals surface area contributed by atoms with Crippen LogP contribution in [0.25, 0.3) is 10.9 Å². The summed E-state index contributed by atoms with van der Waals surface area (Å²) in [4.78, 5) is 3.75. The van der Waals surface area contributed by atoms with E-state index < -0.39 is 20.7 Å². The van der Waals surface area contributed by atoms with Crippen LogP contribution in [-0.4, -0.2) is 13.4 Å². The first-order chi connectivity index (χ1) is 10.5. The molecule has 0 atom stereocenters. The van der Waals surface area contributed by atoms with Gasteiger partial charge < -0.3 is 0 Å². The van der Waals surface area contributed by atoms with Crippen LogP contribution in [0, 0.1) is 5.82 Å². The summed E-state index contributed by atoms with van der Waals surface area (Å²) in [6, 6.07) is 12.6. The Labute approximate surface area is 135 Å². The molecule has 0 radical (unpaired) electrons. The molecule has 0 aliphatic rings. The topological polar surface area (TPSA) is 59.1 Å². The van der Waals surface area contributed by atoms with Crippen LogP contribution >= 0.6 is 15.9 Å². The molecule has 0 bridgehead atoms. The number of benzene rings is 2. The molecule has 22 heavy (non-hydrogen) atoms. The predicted octanol–water partition coefficient (Wildman–Crippen LogP) is 3.94. The van der Waals surface area contributed by atoms with Crippen LogP contribution < -0.4 is 4.72 Å². The fourth-order valence-electron chi connectivity index (χ4n) is 2.04. The van der Waals surface area contributed by atoms with Crippen molar-refractivity contribution in [1.29, 1.82) is 0 Å². The average molecular weight is 381 g/mol. The summed E-state index contributed by atoms with van der Waals surface area (Å²) in [5, 5.41) is 0.789. The first-order valence-corrected chi connectivity index (χ1v) is 8.56. The van der Waals surface area contributed by atoms with Crippen molar-refractivity contribution in [2.45, 2.75) is 4.90 Å². The van der Waals surface area contributed by atoms with Gasteiger partial charge in [0.15, 0.2) is 5.82 Å². The number of halogens is 2. The Kier molecular flexibility index (Phi) is 3.84. The van der Waals surface area contributed by atoms with Crippen LogP contribution in [0.3, 0.4) is 0 Å². The number of fused-ring (bicyclic) bond motifs is 1. The molecule has 0 aliphatic carbocycles. The smallest absolute Gasteiger partial charge is 0.264 e. The van der Waals surface area contributed by atoms with Gasteiger partial charge in [-0.3, -0.25) is 9.71 Å². The molecule has 1 aromatic heterocycles. The monoisotopic (exact) mass is 380 g/mol. The van der Waals surface area contributed by atoms with Crippen molar-refractivity contribution in [1.82, 2.24) is 4.98 Å². The van der Waals surface area contributed by atoms with Crippen molar-refractivity contribution in [3.05, 3.63) is 65.0 Å². The normalized spacial score (nSPS) is 11.5. The molecular weight excluding hydrogens is 371 g/mol. The molecule has 0 unspecified atom stereocenters. The highest BCUT2D eigenvalue weighted by Gasteiger charge is 2.20. The van der Waals surface area contributed by atoms with Crippen LogP contribution in [0.4, 0.5) is 10.1 Å². The Bertz CT molecular complexity index is 961. The minimum Gasteiger partial charge on any atom is -0.280 e. The van der Waals surface area contributed by atoms with E-state index in [1.165, 1.54) is 18.2 Å². The van der Waals surface area contributed by atoms with Crippen LogP contribution in [0.5, 0.6) is 0 Å². The summed E-state index contributed by atoms with van der Waals surface area (Å²) in [6.45, 7) is 0. The Morgan fingerprint density at radius 1 is 1.09 bits per heavy atom. The second kappa shape index (κ2) is 5.66. The second-order valence-corrected chi connectivity index (χ2v) is 7.07. The van der Waals surface area contributed by atoms with Gasteiger partial charge in [0.2, 0.25) is 0 Å². The number of sulfonamides is 1. The number of hydrogen-bond acceptors (Lipinski definition) is 3. The number of anilines is 1. The third-order valence-corrected chi connectivity index (χ3v) is 5.07. The third-order valence-electron chi connectivity index (χ3n) is 3.06. The van der Waals surface area contributed by atoms with E-state index in [0.717, 1.165) is 10.9 Å². The van der Waals surface area contributed by atoms with E-state index in [2.05, 4.69) is 25.6 Å². The maximum Gasteiger partial charge on any atom is 0.264 e. The van der Waals surface area contributed by atoms with Gasteiger partial charge in [-0.15, -0.1) is 0 Å². The lowest BCUT2D eigenvalue weighted by atomic mass is 10.2. The van der Waals surface area contributed by atoms with Crippen molar-refractivity contribution in [3.63, 3.8) is 0 Å². The highest BCUT2D eigenvalue weighted by atomic mass is 79.9. The van der Waals surface area contributed by atoms with Crippen molar-refractivity contribution in [2.75, 3.05) is 4.72 Å². The van der Waals surface area contributed by atoms with E-state index >= 15 is 0 Å². The van der Waals surface area contributed by atoms with Crippen LogP contribution in [0.15, 0.2) is 64.1 Å². The summed E-state index contributed by atoms with van der Waals surface area (Å²) in [5.74, 6) is -0.822. The van der Waals surface area contributed by atoms with Gasteiger partial charge in [0.05, 0.1) is 9.99 Å². The Morgan fingerprint density at radius 2 is 1.91 bits per heavy atom. The van der Waals surface area contributed by atoms with Crippen molar-refractivity contribution in [2.24, 2.45) is 0 Å². The molecule has 1 heterocycles. The standard InChI is InChI=1S/C15H10BrFN2O2S/c16-12-4-1-5-14(15(12)17)22(20,21)19-11-6-7-13-10(9-11)3-2-8-18-13/h1-9,19H. The predicted molar refractivity (Wildman–Crippen MR) is 86.7 cm³/mol. The summed E-state index contributed by atoms with van der Waals surface area (Å²) in [7, 11) is -4.01. The molecule has 0 saturated carbocycles. The quantitative estimate of drug-likeness (QED) is 0.748. The summed E-state index contributed by atoms with van der Waals surface area (Å²) < 4.78 is 41.1. The van der Waals surface area contributed by atoms with Crippen LogP contribution in [0.1, 0.15) is 0 Å². The van der Waals surface area contributed by atoms with Crippen molar-refractivity contribution >= 4 is 42.5 Å². The summed E-state index contributed by atoms with van der Waals surface area (Å²) in [5.41, 5.74) is 1.10. The molecule has 1 N–H and O–H groups in total. The molecule has 0 aliphatic heterocycles. The zero-order chi connectivity index (χ0) is 15.7. The number of pyridine rings is 1. The van der Waals surface area contributed by atoms with Crippen LogP contribution in [-0.2, 0) is 10.0 Å². The van der Waals surface area contributed by atoms with Crippen LogP contribution in [0.2, 0.25) is 0 Å². The lowest BCUT2D eigenvalue weighted by Crippen LogP contribution is -2.14. The van der Waals surface area contributed by atoms with Gasteiger partial charge >= 0.3 is 0 Å². The lowest BCUT2D eigenvalue weighted by molar-refractivity contribution is 0.566. The van der Waals surface area contributed by atoms with Gasteiger partial charge in [0.25, 0.3) is 10.0 Å². The minimum absolute atomic E-state index is 0.0955. The fraction of sp³-hybridized carbons (Fsp3) is 0. The van der Waals surface area contributed by atoms with Gasteiger partial charge in [-0.05, 0) is 52.3 Å². The molecule has 4 nitrogen and oxygen atoms in total. The number of nitrogens with one attached hydrogen (secondary N) is 1. The molecule has 3 aromatic rings. The van der Waals surface area contributed by atoms with Crippen molar-refractivity contribution < 1.29 is 12.8 Å². The van der Waals surface area contributed by atoms with E-state index in [1.807, 2.05) is 6.07 Å². The van der Waals surface area contributed by atoms with Gasteiger partial charge in [0.1, 0.15) is 4.90 Å². The van der Waals surface area contributed by atoms with E-state index in [1.54, 1.807) is 30.5 Å². The minimum atomic E-state index is -4.01. The Hall–Kier alpha value is -1.99. The van der Waals surface area contributed by atoms with Gasteiger partial charge in [0, 0.05) is 17.3 Å². The molecule has 0 fully saturated rings.